The van der Waals surface area contributed by atoms with E-state index >= 15 is 0 Å². The summed E-state index contributed by atoms with van der Waals surface area (Å²) in [5.41, 5.74) is 1.12. The van der Waals surface area contributed by atoms with Gasteiger partial charge in [0.05, 0.1) is 30.1 Å². The molecule has 2 aromatic carbocycles. The van der Waals surface area contributed by atoms with Crippen LogP contribution in [0.15, 0.2) is 60.9 Å². The van der Waals surface area contributed by atoms with Crippen molar-refractivity contribution in [2.24, 2.45) is 0 Å². The van der Waals surface area contributed by atoms with E-state index in [2.05, 4.69) is 11.1 Å². The molecular formula is C22H20N4O2. The Morgan fingerprint density at radius 1 is 1.14 bits per heavy atom. The van der Waals surface area contributed by atoms with Gasteiger partial charge in [0.15, 0.2) is 0 Å². The lowest BCUT2D eigenvalue weighted by Gasteiger charge is -2.22. The van der Waals surface area contributed by atoms with Crippen LogP contribution in [0.2, 0.25) is 0 Å². The van der Waals surface area contributed by atoms with Gasteiger partial charge < -0.3 is 5.11 Å². The predicted octanol–water partition coefficient (Wildman–Crippen LogP) is 3.80. The van der Waals surface area contributed by atoms with Crippen molar-refractivity contribution >= 4 is 28.2 Å². The summed E-state index contributed by atoms with van der Waals surface area (Å²) in [4.78, 5) is 20.6. The highest BCUT2D eigenvalue weighted by atomic mass is 16.3. The number of urea groups is 1. The van der Waals surface area contributed by atoms with Crippen molar-refractivity contribution in [2.45, 2.75) is 25.5 Å². The average Bonchev–Trinajstić information content (AvgIpc) is 3.03. The van der Waals surface area contributed by atoms with Crippen LogP contribution in [0.5, 0.6) is 0 Å². The summed E-state index contributed by atoms with van der Waals surface area (Å²) in [6, 6.07) is 16.2. The highest BCUT2D eigenvalue weighted by Crippen LogP contribution is 2.33. The molecule has 0 saturated carbocycles. The first kappa shape index (κ1) is 18.0. The predicted molar refractivity (Wildman–Crippen MR) is 108 cm³/mol. The third kappa shape index (κ3) is 2.96. The van der Waals surface area contributed by atoms with E-state index in [4.69, 9.17) is 0 Å². The molecule has 4 rings (SSSR count). The Kier molecular flexibility index (Phi) is 4.25. The smallest absolute Gasteiger partial charge is 0.330 e. The zero-order valence-electron chi connectivity index (χ0n) is 15.7. The van der Waals surface area contributed by atoms with Crippen LogP contribution in [0.4, 0.5) is 16.2 Å². The normalized spacial score (nSPS) is 17.2. The Labute approximate surface area is 163 Å². The van der Waals surface area contributed by atoms with Crippen LogP contribution in [-0.2, 0) is 5.60 Å². The zero-order valence-corrected chi connectivity index (χ0v) is 15.7. The van der Waals surface area contributed by atoms with Crippen molar-refractivity contribution in [1.82, 2.24) is 4.98 Å². The molecule has 1 atom stereocenters. The van der Waals surface area contributed by atoms with Crippen molar-refractivity contribution in [1.29, 1.82) is 5.26 Å². The summed E-state index contributed by atoms with van der Waals surface area (Å²) in [6.07, 6.45) is 3.37. The summed E-state index contributed by atoms with van der Waals surface area (Å²) in [6.45, 7) is 3.69. The summed E-state index contributed by atoms with van der Waals surface area (Å²) in [5, 5.41) is 21.6. The first-order chi connectivity index (χ1) is 13.4. The zero-order chi connectivity index (χ0) is 19.9. The van der Waals surface area contributed by atoms with Gasteiger partial charge in [0.25, 0.3) is 0 Å². The molecule has 6 heteroatoms. The quantitative estimate of drug-likeness (QED) is 0.758. The number of carbonyl (C=O) groups excluding carboxylic acids is 1. The number of rotatable bonds is 3. The summed E-state index contributed by atoms with van der Waals surface area (Å²) in [5.74, 6) is 0. The third-order valence-electron chi connectivity index (χ3n) is 5.05. The molecule has 6 nitrogen and oxygen atoms in total. The minimum Gasteiger partial charge on any atom is -0.386 e. The fraction of sp³-hybridized carbons (Fsp3) is 0.227. The van der Waals surface area contributed by atoms with Gasteiger partial charge in [0.1, 0.15) is 6.04 Å². The van der Waals surface area contributed by atoms with Crippen molar-refractivity contribution in [2.75, 3.05) is 16.3 Å². The molecule has 1 aliphatic heterocycles. The number of nitrogens with zero attached hydrogens (tertiary/aromatic N) is 4. The first-order valence-electron chi connectivity index (χ1n) is 9.06. The molecule has 0 unspecified atom stereocenters. The van der Waals surface area contributed by atoms with Gasteiger partial charge in [-0.05, 0) is 31.5 Å². The van der Waals surface area contributed by atoms with Gasteiger partial charge >= 0.3 is 6.03 Å². The number of aromatic nitrogens is 1. The maximum absolute atomic E-state index is 13.2. The number of carbonyl (C=O) groups is 1. The number of amides is 2. The van der Waals surface area contributed by atoms with Crippen LogP contribution in [0, 0.1) is 11.3 Å². The molecule has 1 aromatic heterocycles. The maximum Gasteiger partial charge on any atom is 0.330 e. The van der Waals surface area contributed by atoms with Crippen LogP contribution in [-0.4, -0.2) is 28.7 Å². The van der Waals surface area contributed by atoms with Gasteiger partial charge in [0, 0.05) is 22.7 Å². The van der Waals surface area contributed by atoms with E-state index in [9.17, 15) is 15.2 Å². The number of anilines is 2. The van der Waals surface area contributed by atoms with Crippen molar-refractivity contribution in [3.05, 3.63) is 66.5 Å². The molecule has 0 radical (unpaired) electrons. The summed E-state index contributed by atoms with van der Waals surface area (Å²) < 4.78 is 0. The number of fused-ring (bicyclic) bond motifs is 1. The van der Waals surface area contributed by atoms with Gasteiger partial charge in [-0.3, -0.25) is 14.8 Å². The molecule has 1 fully saturated rings. The summed E-state index contributed by atoms with van der Waals surface area (Å²) >= 11 is 0. The standard InChI is InChI=1S/C22H20N4O2/c1-22(2,28)16-7-9-17(10-8-16)25-14-18(11-23)26(21(25)27)20-13-24-12-15-5-3-4-6-19(15)20/h3-10,12-13,18,28H,14H2,1-2H3/t18-/m1/s1. The molecule has 2 amide bonds. The maximum atomic E-state index is 13.2. The first-order valence-corrected chi connectivity index (χ1v) is 9.06. The van der Waals surface area contributed by atoms with E-state index in [-0.39, 0.29) is 12.6 Å². The van der Waals surface area contributed by atoms with Crippen LogP contribution >= 0.6 is 0 Å². The van der Waals surface area contributed by atoms with Gasteiger partial charge in [0.2, 0.25) is 0 Å². The monoisotopic (exact) mass is 372 g/mol. The summed E-state index contributed by atoms with van der Waals surface area (Å²) in [7, 11) is 0. The molecule has 0 spiro atoms. The van der Waals surface area contributed by atoms with E-state index < -0.39 is 11.6 Å². The second kappa shape index (κ2) is 6.63. The Bertz CT molecular complexity index is 1070. The van der Waals surface area contributed by atoms with Crippen molar-refractivity contribution < 1.29 is 9.90 Å². The Morgan fingerprint density at radius 2 is 1.86 bits per heavy atom. The minimum atomic E-state index is -0.955. The second-order valence-electron chi connectivity index (χ2n) is 7.39. The number of benzene rings is 2. The highest BCUT2D eigenvalue weighted by molar-refractivity contribution is 6.11. The van der Waals surface area contributed by atoms with Crippen LogP contribution in [0.3, 0.4) is 0 Å². The van der Waals surface area contributed by atoms with E-state index in [1.165, 1.54) is 4.90 Å². The second-order valence-corrected chi connectivity index (χ2v) is 7.39. The SMILES string of the molecule is CC(C)(O)c1ccc(N2C[C@@H](C#N)N(c3cncc4ccccc34)C2=O)cc1. The van der Waals surface area contributed by atoms with E-state index in [1.807, 2.05) is 24.3 Å². The lowest BCUT2D eigenvalue weighted by molar-refractivity contribution is 0.0786. The van der Waals surface area contributed by atoms with Crippen LogP contribution in [0.25, 0.3) is 10.8 Å². The minimum absolute atomic E-state index is 0.263. The molecule has 1 aliphatic rings. The fourth-order valence-corrected chi connectivity index (χ4v) is 3.52. The molecule has 28 heavy (non-hydrogen) atoms. The number of hydrogen-bond acceptors (Lipinski definition) is 4. The molecular weight excluding hydrogens is 352 g/mol. The molecule has 0 bridgehead atoms. The molecule has 1 N–H and O–H groups in total. The van der Waals surface area contributed by atoms with Gasteiger partial charge in [-0.15, -0.1) is 0 Å². The van der Waals surface area contributed by atoms with E-state index in [1.54, 1.807) is 55.4 Å². The van der Waals surface area contributed by atoms with E-state index in [0.29, 0.717) is 11.4 Å². The average molecular weight is 372 g/mol. The van der Waals surface area contributed by atoms with Crippen LogP contribution < -0.4 is 9.80 Å². The number of nitriles is 1. The van der Waals surface area contributed by atoms with Crippen molar-refractivity contribution in [3.8, 4) is 6.07 Å². The Morgan fingerprint density at radius 3 is 2.54 bits per heavy atom. The molecule has 3 aromatic rings. The Balaban J connectivity index is 1.73. The van der Waals surface area contributed by atoms with Gasteiger partial charge in [-0.2, -0.15) is 5.26 Å². The molecule has 1 saturated heterocycles. The lowest BCUT2D eigenvalue weighted by Crippen LogP contribution is -2.34. The number of pyridine rings is 1. The third-order valence-corrected chi connectivity index (χ3v) is 5.05. The van der Waals surface area contributed by atoms with Gasteiger partial charge in [-0.1, -0.05) is 36.4 Å². The topological polar surface area (TPSA) is 80.5 Å². The van der Waals surface area contributed by atoms with E-state index in [0.717, 1.165) is 16.3 Å². The fourth-order valence-electron chi connectivity index (χ4n) is 3.52. The Hall–Kier alpha value is -3.43. The number of aliphatic hydroxyl groups is 1. The molecule has 140 valence electrons. The van der Waals surface area contributed by atoms with Crippen molar-refractivity contribution in [3.63, 3.8) is 0 Å². The van der Waals surface area contributed by atoms with Gasteiger partial charge in [-0.25, -0.2) is 4.79 Å². The highest BCUT2D eigenvalue weighted by Gasteiger charge is 2.40. The number of hydrogen-bond donors (Lipinski definition) is 1. The molecule has 2 heterocycles. The largest absolute Gasteiger partial charge is 0.386 e. The van der Waals surface area contributed by atoms with Crippen LogP contribution in [0.1, 0.15) is 19.4 Å². The lowest BCUT2D eigenvalue weighted by atomic mass is 9.98. The molecule has 0 aliphatic carbocycles.